The Morgan fingerprint density at radius 3 is 2.65 bits per heavy atom. The summed E-state index contributed by atoms with van der Waals surface area (Å²) in [6, 6.07) is 5.83. The van der Waals surface area contributed by atoms with Gasteiger partial charge in [-0.25, -0.2) is 4.79 Å². The monoisotopic (exact) mass is 273 g/mol. The Morgan fingerprint density at radius 2 is 2.05 bits per heavy atom. The zero-order valence-corrected chi connectivity index (χ0v) is 11.2. The number of carbonyl (C=O) groups excluding carboxylic acids is 2. The van der Waals surface area contributed by atoms with E-state index < -0.39 is 6.03 Å². The summed E-state index contributed by atoms with van der Waals surface area (Å²) in [7, 11) is 1.78. The molecule has 1 aromatic heterocycles. The number of nitrogens with one attached hydrogen (secondary N) is 2. The average molecular weight is 273 g/mol. The number of benzene rings is 1. The lowest BCUT2D eigenvalue weighted by Crippen LogP contribution is -2.19. The first-order valence-electron chi connectivity index (χ1n) is 5.94. The maximum absolute atomic E-state index is 12.1. The van der Waals surface area contributed by atoms with Crippen molar-refractivity contribution in [3.63, 3.8) is 0 Å². The number of primary amides is 1. The molecule has 0 saturated carbocycles. The maximum atomic E-state index is 12.1. The molecule has 1 heterocycles. The standard InChI is InChI=1S/C13H15N5O2/c1-8-11(7-18(2)17-8)16-12(19)9-4-3-5-10(6-9)15-13(14)20/h3-7H,1-2H3,(H,16,19)(H3,14,15,20). The van der Waals surface area contributed by atoms with Crippen molar-refractivity contribution in [3.05, 3.63) is 41.7 Å². The zero-order valence-electron chi connectivity index (χ0n) is 11.2. The minimum atomic E-state index is -0.675. The molecule has 0 fully saturated rings. The number of anilines is 2. The Kier molecular flexibility index (Phi) is 3.69. The number of nitrogens with two attached hydrogens (primary N) is 1. The van der Waals surface area contributed by atoms with E-state index in [0.717, 1.165) is 5.69 Å². The Hall–Kier alpha value is -2.83. The van der Waals surface area contributed by atoms with E-state index in [9.17, 15) is 9.59 Å². The third kappa shape index (κ3) is 3.14. The second kappa shape index (κ2) is 5.43. The summed E-state index contributed by atoms with van der Waals surface area (Å²) in [5, 5.41) is 9.33. The smallest absolute Gasteiger partial charge is 0.316 e. The first kappa shape index (κ1) is 13.6. The summed E-state index contributed by atoms with van der Waals surface area (Å²) in [6.07, 6.45) is 1.72. The summed E-state index contributed by atoms with van der Waals surface area (Å²) >= 11 is 0. The molecule has 7 heteroatoms. The highest BCUT2D eigenvalue weighted by molar-refractivity contribution is 6.05. The van der Waals surface area contributed by atoms with Crippen molar-refractivity contribution < 1.29 is 9.59 Å². The summed E-state index contributed by atoms with van der Waals surface area (Å²) in [6.45, 7) is 1.81. The van der Waals surface area contributed by atoms with Crippen LogP contribution in [0.5, 0.6) is 0 Å². The lowest BCUT2D eigenvalue weighted by atomic mass is 10.2. The molecule has 2 aromatic rings. The molecule has 0 unspecified atom stereocenters. The van der Waals surface area contributed by atoms with Gasteiger partial charge in [0.15, 0.2) is 0 Å². The molecule has 0 aliphatic rings. The van der Waals surface area contributed by atoms with Gasteiger partial charge in [-0.1, -0.05) is 6.07 Å². The van der Waals surface area contributed by atoms with Crippen LogP contribution in [0.2, 0.25) is 0 Å². The molecule has 104 valence electrons. The van der Waals surface area contributed by atoms with Gasteiger partial charge in [-0.3, -0.25) is 9.48 Å². The van der Waals surface area contributed by atoms with E-state index in [1.165, 1.54) is 0 Å². The van der Waals surface area contributed by atoms with Crippen LogP contribution in [0.15, 0.2) is 30.5 Å². The molecule has 0 spiro atoms. The predicted molar refractivity (Wildman–Crippen MR) is 75.5 cm³/mol. The fraction of sp³-hybridized carbons (Fsp3) is 0.154. The third-order valence-electron chi connectivity index (χ3n) is 2.65. The van der Waals surface area contributed by atoms with Gasteiger partial charge in [-0.2, -0.15) is 5.10 Å². The fourth-order valence-corrected chi connectivity index (χ4v) is 1.80. The first-order valence-corrected chi connectivity index (χ1v) is 5.94. The number of aryl methyl sites for hydroxylation is 2. The van der Waals surface area contributed by atoms with Crippen LogP contribution in [0.25, 0.3) is 0 Å². The number of urea groups is 1. The highest BCUT2D eigenvalue weighted by atomic mass is 16.2. The molecule has 0 aliphatic carbocycles. The van der Waals surface area contributed by atoms with Crippen molar-refractivity contribution in [2.45, 2.75) is 6.92 Å². The molecule has 20 heavy (non-hydrogen) atoms. The van der Waals surface area contributed by atoms with Crippen LogP contribution in [0.4, 0.5) is 16.2 Å². The molecule has 0 radical (unpaired) electrons. The highest BCUT2D eigenvalue weighted by Crippen LogP contribution is 2.15. The molecule has 0 aliphatic heterocycles. The molecule has 4 N–H and O–H groups in total. The Labute approximate surface area is 115 Å². The molecule has 7 nitrogen and oxygen atoms in total. The molecular formula is C13H15N5O2. The molecule has 2 rings (SSSR count). The third-order valence-corrected chi connectivity index (χ3v) is 2.65. The Morgan fingerprint density at radius 1 is 1.30 bits per heavy atom. The van der Waals surface area contributed by atoms with Crippen molar-refractivity contribution in [2.24, 2.45) is 12.8 Å². The summed E-state index contributed by atoms with van der Waals surface area (Å²) in [5.41, 5.74) is 7.29. The first-order chi connectivity index (χ1) is 9.45. The highest BCUT2D eigenvalue weighted by Gasteiger charge is 2.10. The van der Waals surface area contributed by atoms with E-state index >= 15 is 0 Å². The van der Waals surface area contributed by atoms with Crippen molar-refractivity contribution >= 4 is 23.3 Å². The number of carbonyl (C=O) groups is 2. The van der Waals surface area contributed by atoms with Crippen LogP contribution < -0.4 is 16.4 Å². The van der Waals surface area contributed by atoms with Crippen LogP contribution in [0, 0.1) is 6.92 Å². The van der Waals surface area contributed by atoms with Crippen molar-refractivity contribution in [2.75, 3.05) is 10.6 Å². The second-order valence-electron chi connectivity index (χ2n) is 4.33. The molecule has 3 amide bonds. The van der Waals surface area contributed by atoms with Crippen LogP contribution in [-0.4, -0.2) is 21.7 Å². The number of hydrogen-bond donors (Lipinski definition) is 3. The van der Waals surface area contributed by atoms with Gasteiger partial charge in [0.1, 0.15) is 0 Å². The van der Waals surface area contributed by atoms with Gasteiger partial charge in [-0.05, 0) is 25.1 Å². The van der Waals surface area contributed by atoms with Crippen molar-refractivity contribution in [1.29, 1.82) is 0 Å². The van der Waals surface area contributed by atoms with Gasteiger partial charge in [0.2, 0.25) is 0 Å². The SMILES string of the molecule is Cc1nn(C)cc1NC(=O)c1cccc(NC(N)=O)c1. The number of amides is 3. The van der Waals surface area contributed by atoms with Crippen LogP contribution in [-0.2, 0) is 7.05 Å². The normalized spacial score (nSPS) is 10.1. The molecule has 1 aromatic carbocycles. The van der Waals surface area contributed by atoms with Crippen molar-refractivity contribution in [3.8, 4) is 0 Å². The van der Waals surface area contributed by atoms with E-state index in [0.29, 0.717) is 16.9 Å². The lowest BCUT2D eigenvalue weighted by molar-refractivity contribution is 0.102. The van der Waals surface area contributed by atoms with E-state index in [1.807, 2.05) is 0 Å². The number of rotatable bonds is 3. The van der Waals surface area contributed by atoms with Crippen molar-refractivity contribution in [1.82, 2.24) is 9.78 Å². The average Bonchev–Trinajstić information content (AvgIpc) is 2.67. The lowest BCUT2D eigenvalue weighted by Gasteiger charge is -2.06. The van der Waals surface area contributed by atoms with Gasteiger partial charge in [0.05, 0.1) is 11.4 Å². The van der Waals surface area contributed by atoms with Crippen LogP contribution >= 0.6 is 0 Å². The Balaban J connectivity index is 2.17. The van der Waals surface area contributed by atoms with Gasteiger partial charge in [0.25, 0.3) is 5.91 Å². The van der Waals surface area contributed by atoms with Crippen LogP contribution in [0.1, 0.15) is 16.1 Å². The van der Waals surface area contributed by atoms with Gasteiger partial charge >= 0.3 is 6.03 Å². The van der Waals surface area contributed by atoms with E-state index in [2.05, 4.69) is 15.7 Å². The van der Waals surface area contributed by atoms with Gasteiger partial charge in [-0.15, -0.1) is 0 Å². The number of aromatic nitrogens is 2. The minimum absolute atomic E-state index is 0.283. The largest absolute Gasteiger partial charge is 0.351 e. The van der Waals surface area contributed by atoms with Crippen LogP contribution in [0.3, 0.4) is 0 Å². The fourth-order valence-electron chi connectivity index (χ4n) is 1.80. The summed E-state index contributed by atoms with van der Waals surface area (Å²) in [5.74, 6) is -0.283. The predicted octanol–water partition coefficient (Wildman–Crippen LogP) is 1.47. The zero-order chi connectivity index (χ0) is 14.7. The molecular weight excluding hydrogens is 258 g/mol. The van der Waals surface area contributed by atoms with E-state index in [1.54, 1.807) is 49.1 Å². The summed E-state index contributed by atoms with van der Waals surface area (Å²) in [4.78, 5) is 22.9. The quantitative estimate of drug-likeness (QED) is 0.789. The topological polar surface area (TPSA) is 102 Å². The minimum Gasteiger partial charge on any atom is -0.351 e. The summed E-state index contributed by atoms with van der Waals surface area (Å²) < 4.78 is 1.62. The van der Waals surface area contributed by atoms with E-state index in [4.69, 9.17) is 5.73 Å². The second-order valence-corrected chi connectivity index (χ2v) is 4.33. The van der Waals surface area contributed by atoms with Gasteiger partial charge < -0.3 is 16.4 Å². The maximum Gasteiger partial charge on any atom is 0.316 e. The number of hydrogen-bond acceptors (Lipinski definition) is 3. The molecule has 0 atom stereocenters. The number of nitrogens with zero attached hydrogens (tertiary/aromatic N) is 2. The van der Waals surface area contributed by atoms with E-state index in [-0.39, 0.29) is 5.91 Å². The Bertz CT molecular complexity index is 663. The molecule has 0 bridgehead atoms. The van der Waals surface area contributed by atoms with Gasteiger partial charge in [0, 0.05) is 24.5 Å². The molecule has 0 saturated heterocycles.